The molecule has 3 aromatic carbocycles. The van der Waals surface area contributed by atoms with Gasteiger partial charge < -0.3 is 9.30 Å². The highest BCUT2D eigenvalue weighted by Gasteiger charge is 2.11. The highest BCUT2D eigenvalue weighted by molar-refractivity contribution is 9.10. The van der Waals surface area contributed by atoms with Crippen LogP contribution in [0.1, 0.15) is 16.8 Å². The Hall–Kier alpha value is -3.37. The van der Waals surface area contributed by atoms with Crippen LogP contribution in [0.15, 0.2) is 108 Å². The molecule has 4 heteroatoms. The van der Waals surface area contributed by atoms with Gasteiger partial charge in [-0.2, -0.15) is 0 Å². The number of pyridine rings is 1. The molecule has 5 aromatic rings. The molecule has 0 N–H and O–H groups in total. The van der Waals surface area contributed by atoms with Gasteiger partial charge in [0.15, 0.2) is 0 Å². The minimum absolute atomic E-state index is 0.568. The lowest BCUT2D eigenvalue weighted by Crippen LogP contribution is -1.96. The van der Waals surface area contributed by atoms with Gasteiger partial charge in [0.1, 0.15) is 12.4 Å². The first-order chi connectivity index (χ1) is 15.8. The highest BCUT2D eigenvalue weighted by Crippen LogP contribution is 2.29. The number of halogens is 1. The molecule has 3 nitrogen and oxygen atoms in total. The molecule has 2 heterocycles. The van der Waals surface area contributed by atoms with Gasteiger partial charge in [-0.15, -0.1) is 0 Å². The molecule has 0 saturated heterocycles. The zero-order chi connectivity index (χ0) is 21.8. The van der Waals surface area contributed by atoms with Crippen LogP contribution in [0, 0.1) is 0 Å². The van der Waals surface area contributed by atoms with E-state index in [9.17, 15) is 0 Å². The maximum absolute atomic E-state index is 5.96. The highest BCUT2D eigenvalue weighted by atomic mass is 79.9. The van der Waals surface area contributed by atoms with Crippen molar-refractivity contribution in [1.29, 1.82) is 0 Å². The fourth-order valence-electron chi connectivity index (χ4n) is 3.94. The van der Waals surface area contributed by atoms with Crippen LogP contribution in [0.5, 0.6) is 5.75 Å². The zero-order valence-corrected chi connectivity index (χ0v) is 19.2. The second-order valence-corrected chi connectivity index (χ2v) is 8.69. The predicted molar refractivity (Wildman–Crippen MR) is 133 cm³/mol. The second kappa shape index (κ2) is 9.41. The van der Waals surface area contributed by atoms with E-state index in [2.05, 4.69) is 80.2 Å². The molecule has 158 valence electrons. The Bertz CT molecular complexity index is 1310. The zero-order valence-electron chi connectivity index (χ0n) is 17.6. The van der Waals surface area contributed by atoms with Crippen molar-refractivity contribution >= 4 is 26.8 Å². The Morgan fingerprint density at radius 3 is 2.41 bits per heavy atom. The fraction of sp³-hybridized carbons (Fsp3) is 0.107. The molecule has 32 heavy (non-hydrogen) atoms. The summed E-state index contributed by atoms with van der Waals surface area (Å²) in [6.45, 7) is 0.568. The van der Waals surface area contributed by atoms with E-state index in [-0.39, 0.29) is 0 Å². The second-order valence-electron chi connectivity index (χ2n) is 7.78. The van der Waals surface area contributed by atoms with E-state index in [1.807, 2.05) is 48.7 Å². The quantitative estimate of drug-likeness (QED) is 0.246. The summed E-state index contributed by atoms with van der Waals surface area (Å²) in [6.07, 6.45) is 5.96. The maximum atomic E-state index is 5.96. The molecule has 0 aliphatic rings. The number of aromatic nitrogens is 2. The van der Waals surface area contributed by atoms with Crippen LogP contribution in [0.2, 0.25) is 0 Å². The van der Waals surface area contributed by atoms with Crippen LogP contribution in [-0.4, -0.2) is 9.55 Å². The SMILES string of the molecule is Brc1ccc2c(c1)c(CCc1ccccn1)cn2-c1ccc(OCc2ccccc2)cc1. The molecule has 5 rings (SSSR count). The van der Waals surface area contributed by atoms with E-state index in [1.54, 1.807) is 0 Å². The maximum Gasteiger partial charge on any atom is 0.119 e. The minimum Gasteiger partial charge on any atom is -0.489 e. The van der Waals surface area contributed by atoms with Crippen molar-refractivity contribution in [3.8, 4) is 11.4 Å². The molecular weight excluding hydrogens is 460 g/mol. The summed E-state index contributed by atoms with van der Waals surface area (Å²) in [5, 5.41) is 1.26. The average Bonchev–Trinajstić information content (AvgIpc) is 3.20. The minimum atomic E-state index is 0.568. The molecule has 0 aliphatic heterocycles. The van der Waals surface area contributed by atoms with Crippen LogP contribution in [0.3, 0.4) is 0 Å². The van der Waals surface area contributed by atoms with Crippen molar-refractivity contribution in [3.05, 3.63) is 125 Å². The summed E-state index contributed by atoms with van der Waals surface area (Å²) >= 11 is 3.64. The summed E-state index contributed by atoms with van der Waals surface area (Å²) in [6, 6.07) is 31.1. The van der Waals surface area contributed by atoms with Gasteiger partial charge in [0.05, 0.1) is 5.52 Å². The van der Waals surface area contributed by atoms with E-state index < -0.39 is 0 Å². The van der Waals surface area contributed by atoms with Crippen molar-refractivity contribution in [2.75, 3.05) is 0 Å². The Kier molecular flexibility index (Phi) is 6.04. The largest absolute Gasteiger partial charge is 0.489 e. The Morgan fingerprint density at radius 2 is 1.62 bits per heavy atom. The molecule has 0 fully saturated rings. The topological polar surface area (TPSA) is 27.1 Å². The number of hydrogen-bond acceptors (Lipinski definition) is 2. The van der Waals surface area contributed by atoms with Crippen molar-refractivity contribution in [2.45, 2.75) is 19.4 Å². The first-order valence-electron chi connectivity index (χ1n) is 10.7. The summed E-state index contributed by atoms with van der Waals surface area (Å²) in [7, 11) is 0. The molecule has 2 aromatic heterocycles. The third-order valence-corrected chi connectivity index (χ3v) is 6.08. The van der Waals surface area contributed by atoms with Gasteiger partial charge in [0, 0.05) is 33.6 Å². The number of aryl methyl sites for hydroxylation is 2. The van der Waals surface area contributed by atoms with Crippen LogP contribution in [0.4, 0.5) is 0 Å². The van der Waals surface area contributed by atoms with Crippen LogP contribution >= 0.6 is 15.9 Å². The number of nitrogens with zero attached hydrogens (tertiary/aromatic N) is 2. The molecule has 0 spiro atoms. The van der Waals surface area contributed by atoms with Gasteiger partial charge in [0.25, 0.3) is 0 Å². The molecule has 0 amide bonds. The predicted octanol–water partition coefficient (Wildman–Crippen LogP) is 7.15. The smallest absolute Gasteiger partial charge is 0.119 e. The molecule has 0 bridgehead atoms. The van der Waals surface area contributed by atoms with Crippen LogP contribution in [0.25, 0.3) is 16.6 Å². The van der Waals surface area contributed by atoms with Gasteiger partial charge in [0.2, 0.25) is 0 Å². The number of fused-ring (bicyclic) bond motifs is 1. The first kappa shape index (κ1) is 20.5. The molecular formula is C28H23BrN2O. The third kappa shape index (κ3) is 4.61. The number of ether oxygens (including phenoxy) is 1. The van der Waals surface area contributed by atoms with Gasteiger partial charge in [-0.05, 0) is 78.6 Å². The van der Waals surface area contributed by atoms with E-state index in [1.165, 1.54) is 16.5 Å². The summed E-state index contributed by atoms with van der Waals surface area (Å²) in [4.78, 5) is 4.48. The standard InChI is InChI=1S/C28H23BrN2O/c29-23-10-16-28-27(18-23)22(9-11-24-8-4-5-17-30-24)19-31(28)25-12-14-26(15-13-25)32-20-21-6-2-1-3-7-21/h1-8,10,12-19H,9,11,20H2. The van der Waals surface area contributed by atoms with Crippen molar-refractivity contribution < 1.29 is 4.74 Å². The summed E-state index contributed by atoms with van der Waals surface area (Å²) in [5.74, 6) is 0.868. The van der Waals surface area contributed by atoms with Crippen molar-refractivity contribution in [1.82, 2.24) is 9.55 Å². The van der Waals surface area contributed by atoms with Crippen LogP contribution in [-0.2, 0) is 19.4 Å². The normalized spacial score (nSPS) is 11.0. The van der Waals surface area contributed by atoms with Gasteiger partial charge >= 0.3 is 0 Å². The van der Waals surface area contributed by atoms with E-state index in [0.717, 1.165) is 40.0 Å². The number of rotatable bonds is 7. The summed E-state index contributed by atoms with van der Waals surface area (Å²) < 4.78 is 9.31. The van der Waals surface area contributed by atoms with Crippen molar-refractivity contribution in [2.24, 2.45) is 0 Å². The van der Waals surface area contributed by atoms with E-state index >= 15 is 0 Å². The lowest BCUT2D eigenvalue weighted by atomic mass is 10.1. The Morgan fingerprint density at radius 1 is 0.812 bits per heavy atom. The van der Waals surface area contributed by atoms with E-state index in [4.69, 9.17) is 4.74 Å². The molecule has 0 atom stereocenters. The Balaban J connectivity index is 1.39. The van der Waals surface area contributed by atoms with Crippen molar-refractivity contribution in [3.63, 3.8) is 0 Å². The van der Waals surface area contributed by atoms with Gasteiger partial charge in [-0.3, -0.25) is 4.98 Å². The van der Waals surface area contributed by atoms with Crippen LogP contribution < -0.4 is 4.74 Å². The monoisotopic (exact) mass is 482 g/mol. The molecule has 0 aliphatic carbocycles. The van der Waals surface area contributed by atoms with Gasteiger partial charge in [-0.25, -0.2) is 0 Å². The van der Waals surface area contributed by atoms with Gasteiger partial charge in [-0.1, -0.05) is 52.3 Å². The lowest BCUT2D eigenvalue weighted by molar-refractivity contribution is 0.306. The first-order valence-corrected chi connectivity index (χ1v) is 11.5. The number of benzene rings is 3. The Labute approximate surface area is 196 Å². The molecule has 0 radical (unpaired) electrons. The fourth-order valence-corrected chi connectivity index (χ4v) is 4.30. The average molecular weight is 483 g/mol. The lowest BCUT2D eigenvalue weighted by Gasteiger charge is -2.09. The van der Waals surface area contributed by atoms with E-state index in [0.29, 0.717) is 6.61 Å². The third-order valence-electron chi connectivity index (χ3n) is 5.59. The molecule has 0 saturated carbocycles. The summed E-state index contributed by atoms with van der Waals surface area (Å²) in [5.41, 5.74) is 5.91. The molecule has 0 unspecified atom stereocenters. The number of hydrogen-bond donors (Lipinski definition) is 0.